The number of hydrogen-bond acceptors (Lipinski definition) is 3. The van der Waals surface area contributed by atoms with Gasteiger partial charge < -0.3 is 0 Å². The Morgan fingerprint density at radius 3 is 2.50 bits per heavy atom. The van der Waals surface area contributed by atoms with Crippen molar-refractivity contribution in [2.75, 3.05) is 12.9 Å². The number of hydrogen-bond donors (Lipinski definition) is 0. The third-order valence-corrected chi connectivity index (χ3v) is 2.98. The highest BCUT2D eigenvalue weighted by Gasteiger charge is 2.02. The third-order valence-electron chi connectivity index (χ3n) is 2.39. The van der Waals surface area contributed by atoms with E-state index in [-0.39, 0.29) is 6.61 Å². The van der Waals surface area contributed by atoms with Crippen LogP contribution in [0.3, 0.4) is 0 Å². The summed E-state index contributed by atoms with van der Waals surface area (Å²) in [6.07, 6.45) is 2.64. The van der Waals surface area contributed by atoms with Gasteiger partial charge in [-0.1, -0.05) is 23.8 Å². The van der Waals surface area contributed by atoms with Crippen LogP contribution in [0.15, 0.2) is 18.2 Å². The highest BCUT2D eigenvalue weighted by Crippen LogP contribution is 2.12. The summed E-state index contributed by atoms with van der Waals surface area (Å²) >= 11 is 0. The highest BCUT2D eigenvalue weighted by molar-refractivity contribution is 7.85. The van der Waals surface area contributed by atoms with Gasteiger partial charge in [0.2, 0.25) is 0 Å². The van der Waals surface area contributed by atoms with Crippen LogP contribution in [-0.4, -0.2) is 21.3 Å². The van der Waals surface area contributed by atoms with Gasteiger partial charge in [-0.15, -0.1) is 0 Å². The summed E-state index contributed by atoms with van der Waals surface area (Å²) in [5, 5.41) is 0. The summed E-state index contributed by atoms with van der Waals surface area (Å²) in [5.74, 6) is 0. The summed E-state index contributed by atoms with van der Waals surface area (Å²) in [4.78, 5) is 0. The zero-order valence-corrected chi connectivity index (χ0v) is 10.8. The zero-order chi connectivity index (χ0) is 12.2. The van der Waals surface area contributed by atoms with Crippen LogP contribution in [0.1, 0.15) is 23.1 Å². The Morgan fingerprint density at radius 2 is 1.94 bits per heavy atom. The standard InChI is InChI=1S/C12H18O3S/c1-10-6-7-12(11(2)9-10)5-4-8-15-16(3,13)14/h6-7,9H,4-5,8H2,1-3H3. The van der Waals surface area contributed by atoms with Gasteiger partial charge in [0.25, 0.3) is 10.1 Å². The predicted molar refractivity (Wildman–Crippen MR) is 65.0 cm³/mol. The first-order valence-corrected chi connectivity index (χ1v) is 7.11. The molecule has 0 N–H and O–H groups in total. The van der Waals surface area contributed by atoms with Crippen molar-refractivity contribution in [2.24, 2.45) is 0 Å². The van der Waals surface area contributed by atoms with Crippen molar-refractivity contribution in [3.05, 3.63) is 34.9 Å². The fourth-order valence-corrected chi connectivity index (χ4v) is 2.02. The topological polar surface area (TPSA) is 43.4 Å². The van der Waals surface area contributed by atoms with E-state index in [1.165, 1.54) is 16.7 Å². The molecule has 90 valence electrons. The van der Waals surface area contributed by atoms with E-state index >= 15 is 0 Å². The van der Waals surface area contributed by atoms with Crippen LogP contribution in [-0.2, 0) is 20.7 Å². The maximum absolute atomic E-state index is 10.7. The monoisotopic (exact) mass is 242 g/mol. The average Bonchev–Trinajstić information content (AvgIpc) is 2.13. The molecule has 0 saturated heterocycles. The van der Waals surface area contributed by atoms with Gasteiger partial charge in [-0.25, -0.2) is 0 Å². The molecule has 4 heteroatoms. The summed E-state index contributed by atoms with van der Waals surface area (Å²) in [5.41, 5.74) is 3.75. The molecule has 0 heterocycles. The molecule has 1 rings (SSSR count). The Labute approximate surface area is 97.6 Å². The van der Waals surface area contributed by atoms with Crippen molar-refractivity contribution < 1.29 is 12.6 Å². The van der Waals surface area contributed by atoms with Gasteiger partial charge in [-0.3, -0.25) is 4.18 Å². The number of rotatable bonds is 5. The fourth-order valence-electron chi connectivity index (χ4n) is 1.60. The quantitative estimate of drug-likeness (QED) is 0.587. The van der Waals surface area contributed by atoms with E-state index in [1.807, 2.05) is 0 Å². The molecule has 0 aliphatic rings. The van der Waals surface area contributed by atoms with Crippen molar-refractivity contribution in [1.82, 2.24) is 0 Å². The summed E-state index contributed by atoms with van der Waals surface area (Å²) < 4.78 is 26.2. The molecule has 0 unspecified atom stereocenters. The number of aryl methyl sites for hydroxylation is 3. The van der Waals surface area contributed by atoms with E-state index in [9.17, 15) is 8.42 Å². The second kappa shape index (κ2) is 5.46. The Morgan fingerprint density at radius 1 is 1.25 bits per heavy atom. The van der Waals surface area contributed by atoms with E-state index in [4.69, 9.17) is 0 Å². The second-order valence-corrected chi connectivity index (χ2v) is 5.70. The molecule has 16 heavy (non-hydrogen) atoms. The third kappa shape index (κ3) is 4.77. The number of benzene rings is 1. The van der Waals surface area contributed by atoms with Crippen LogP contribution >= 0.6 is 0 Å². The minimum absolute atomic E-state index is 0.256. The first-order chi connectivity index (χ1) is 7.38. The van der Waals surface area contributed by atoms with Gasteiger partial charge in [0.1, 0.15) is 0 Å². The molecule has 0 aliphatic heterocycles. The maximum Gasteiger partial charge on any atom is 0.264 e. The smallest absolute Gasteiger partial charge is 0.264 e. The predicted octanol–water partition coefficient (Wildman–Crippen LogP) is 2.21. The van der Waals surface area contributed by atoms with Crippen molar-refractivity contribution in [3.63, 3.8) is 0 Å². The molecular formula is C12H18O3S. The van der Waals surface area contributed by atoms with E-state index in [0.29, 0.717) is 0 Å². The van der Waals surface area contributed by atoms with E-state index in [1.54, 1.807) is 0 Å². The maximum atomic E-state index is 10.7. The lowest BCUT2D eigenvalue weighted by atomic mass is 10.0. The Balaban J connectivity index is 2.43. The van der Waals surface area contributed by atoms with Crippen LogP contribution in [0.25, 0.3) is 0 Å². The lowest BCUT2D eigenvalue weighted by Crippen LogP contribution is -2.05. The molecular weight excluding hydrogens is 224 g/mol. The molecule has 0 amide bonds. The lowest BCUT2D eigenvalue weighted by Gasteiger charge is -2.06. The Kier molecular flexibility index (Phi) is 4.50. The van der Waals surface area contributed by atoms with Crippen LogP contribution < -0.4 is 0 Å². The minimum atomic E-state index is -3.30. The van der Waals surface area contributed by atoms with Crippen molar-refractivity contribution in [2.45, 2.75) is 26.7 Å². The van der Waals surface area contributed by atoms with Gasteiger partial charge in [-0.05, 0) is 37.8 Å². The van der Waals surface area contributed by atoms with Gasteiger partial charge in [-0.2, -0.15) is 8.42 Å². The van der Waals surface area contributed by atoms with Gasteiger partial charge in [0.05, 0.1) is 12.9 Å². The van der Waals surface area contributed by atoms with E-state index in [2.05, 4.69) is 36.2 Å². The van der Waals surface area contributed by atoms with Gasteiger partial charge in [0.15, 0.2) is 0 Å². The van der Waals surface area contributed by atoms with Crippen molar-refractivity contribution >= 4 is 10.1 Å². The Bertz CT molecular complexity index is 449. The van der Waals surface area contributed by atoms with Crippen molar-refractivity contribution in [1.29, 1.82) is 0 Å². The molecule has 1 aromatic rings. The largest absolute Gasteiger partial charge is 0.270 e. The SMILES string of the molecule is Cc1ccc(CCCOS(C)(=O)=O)c(C)c1. The minimum Gasteiger partial charge on any atom is -0.270 e. The first-order valence-electron chi connectivity index (χ1n) is 5.29. The molecule has 0 aromatic heterocycles. The highest BCUT2D eigenvalue weighted by atomic mass is 32.2. The molecule has 0 atom stereocenters. The molecule has 0 fully saturated rings. The van der Waals surface area contributed by atoms with E-state index < -0.39 is 10.1 Å². The molecule has 0 saturated carbocycles. The average molecular weight is 242 g/mol. The normalized spacial score (nSPS) is 11.7. The second-order valence-electron chi connectivity index (χ2n) is 4.06. The summed E-state index contributed by atoms with van der Waals surface area (Å²) in [7, 11) is -3.30. The van der Waals surface area contributed by atoms with Gasteiger partial charge in [0, 0.05) is 0 Å². The Hall–Kier alpha value is -0.870. The molecule has 0 radical (unpaired) electrons. The molecule has 0 spiro atoms. The van der Waals surface area contributed by atoms with Crippen LogP contribution in [0.2, 0.25) is 0 Å². The van der Waals surface area contributed by atoms with Crippen LogP contribution in [0.4, 0.5) is 0 Å². The first kappa shape index (κ1) is 13.2. The van der Waals surface area contributed by atoms with Crippen LogP contribution in [0.5, 0.6) is 0 Å². The molecule has 1 aromatic carbocycles. The molecule has 3 nitrogen and oxygen atoms in total. The fraction of sp³-hybridized carbons (Fsp3) is 0.500. The van der Waals surface area contributed by atoms with Crippen molar-refractivity contribution in [3.8, 4) is 0 Å². The van der Waals surface area contributed by atoms with Gasteiger partial charge >= 0.3 is 0 Å². The van der Waals surface area contributed by atoms with Crippen LogP contribution in [0, 0.1) is 13.8 Å². The lowest BCUT2D eigenvalue weighted by molar-refractivity contribution is 0.316. The molecule has 0 bridgehead atoms. The zero-order valence-electron chi connectivity index (χ0n) is 9.99. The summed E-state index contributed by atoms with van der Waals surface area (Å²) in [6, 6.07) is 6.29. The molecule has 0 aliphatic carbocycles. The van der Waals surface area contributed by atoms with E-state index in [0.717, 1.165) is 19.1 Å². The summed E-state index contributed by atoms with van der Waals surface area (Å²) in [6.45, 7) is 4.38.